The van der Waals surface area contributed by atoms with Gasteiger partial charge in [-0.1, -0.05) is 0 Å². The minimum atomic E-state index is -0.0325. The quantitative estimate of drug-likeness (QED) is 0.718. The van der Waals surface area contributed by atoms with Crippen LogP contribution < -0.4 is 0 Å². The van der Waals surface area contributed by atoms with Gasteiger partial charge in [-0.2, -0.15) is 15.4 Å². The number of hydrogen-bond acceptors (Lipinski definition) is 3. The van der Waals surface area contributed by atoms with Gasteiger partial charge in [-0.05, 0) is 18.2 Å². The molecule has 0 unspecified atom stereocenters. The highest BCUT2D eigenvalue weighted by Gasteiger charge is 2.09. The fourth-order valence-corrected chi connectivity index (χ4v) is 1.23. The van der Waals surface area contributed by atoms with Crippen LogP contribution in [0.5, 0.6) is 0 Å². The van der Waals surface area contributed by atoms with Gasteiger partial charge in [0.15, 0.2) is 0 Å². The summed E-state index contributed by atoms with van der Waals surface area (Å²) in [4.78, 5) is 13.1. The summed E-state index contributed by atoms with van der Waals surface area (Å²) in [6, 6.07) is 5.24. The van der Waals surface area contributed by atoms with Crippen molar-refractivity contribution >= 4 is 16.9 Å². The van der Waals surface area contributed by atoms with Gasteiger partial charge in [-0.25, -0.2) is 0 Å². The van der Waals surface area contributed by atoms with Crippen LogP contribution in [0.4, 0.5) is 0 Å². The summed E-state index contributed by atoms with van der Waals surface area (Å²) >= 11 is 0. The van der Waals surface area contributed by atoms with Gasteiger partial charge in [-0.3, -0.25) is 4.79 Å². The molecular weight excluding hydrogens is 180 g/mol. The van der Waals surface area contributed by atoms with Crippen LogP contribution in [0.1, 0.15) is 10.4 Å². The standard InChI is InChI=1S/C9H10N4O/c1-13(2)9(14)6-3-4-7-8(5-6)11-12-10-7/h3-5H,1-2H3,(H,10,11,12). The van der Waals surface area contributed by atoms with E-state index >= 15 is 0 Å². The summed E-state index contributed by atoms with van der Waals surface area (Å²) < 4.78 is 0. The molecule has 0 saturated heterocycles. The number of amides is 1. The van der Waals surface area contributed by atoms with Crippen molar-refractivity contribution in [3.63, 3.8) is 0 Å². The number of carbonyl (C=O) groups excluding carboxylic acids is 1. The second kappa shape index (κ2) is 3.10. The molecule has 72 valence electrons. The second-order valence-electron chi connectivity index (χ2n) is 3.23. The first-order chi connectivity index (χ1) is 6.68. The summed E-state index contributed by atoms with van der Waals surface area (Å²) in [6.45, 7) is 0. The zero-order chi connectivity index (χ0) is 10.1. The molecule has 1 aromatic heterocycles. The lowest BCUT2D eigenvalue weighted by molar-refractivity contribution is 0.0828. The number of H-pyrrole nitrogens is 1. The van der Waals surface area contributed by atoms with Crippen molar-refractivity contribution in [1.82, 2.24) is 20.3 Å². The maximum atomic E-state index is 11.6. The third kappa shape index (κ3) is 1.32. The molecule has 2 rings (SSSR count). The van der Waals surface area contributed by atoms with Crippen LogP contribution >= 0.6 is 0 Å². The lowest BCUT2D eigenvalue weighted by Crippen LogP contribution is -2.21. The summed E-state index contributed by atoms with van der Waals surface area (Å²) in [6.07, 6.45) is 0. The van der Waals surface area contributed by atoms with Crippen molar-refractivity contribution in [3.05, 3.63) is 23.8 Å². The van der Waals surface area contributed by atoms with Crippen molar-refractivity contribution in [3.8, 4) is 0 Å². The fourth-order valence-electron chi connectivity index (χ4n) is 1.23. The highest BCUT2D eigenvalue weighted by molar-refractivity contribution is 5.96. The average Bonchev–Trinajstić information content (AvgIpc) is 2.62. The number of nitrogens with zero attached hydrogens (tertiary/aromatic N) is 3. The topological polar surface area (TPSA) is 61.9 Å². The number of benzene rings is 1. The van der Waals surface area contributed by atoms with Crippen molar-refractivity contribution in [1.29, 1.82) is 0 Å². The van der Waals surface area contributed by atoms with E-state index in [4.69, 9.17) is 0 Å². The predicted molar refractivity (Wildman–Crippen MR) is 51.9 cm³/mol. The normalized spacial score (nSPS) is 10.4. The van der Waals surface area contributed by atoms with Gasteiger partial charge < -0.3 is 4.90 Å². The molecule has 0 aliphatic heterocycles. The predicted octanol–water partition coefficient (Wildman–Crippen LogP) is 0.660. The van der Waals surface area contributed by atoms with Crippen LogP contribution in [0.25, 0.3) is 11.0 Å². The zero-order valence-electron chi connectivity index (χ0n) is 7.98. The Morgan fingerprint density at radius 1 is 1.29 bits per heavy atom. The monoisotopic (exact) mass is 190 g/mol. The van der Waals surface area contributed by atoms with E-state index in [9.17, 15) is 4.79 Å². The van der Waals surface area contributed by atoms with Gasteiger partial charge in [0, 0.05) is 19.7 Å². The molecule has 0 spiro atoms. The molecule has 0 radical (unpaired) electrons. The molecule has 5 nitrogen and oxygen atoms in total. The maximum absolute atomic E-state index is 11.6. The van der Waals surface area contributed by atoms with E-state index in [0.717, 1.165) is 5.52 Å². The Hall–Kier alpha value is -1.91. The average molecular weight is 190 g/mol. The van der Waals surface area contributed by atoms with Crippen LogP contribution in [0.15, 0.2) is 18.2 Å². The first kappa shape index (κ1) is 8.68. The third-order valence-corrected chi connectivity index (χ3v) is 1.97. The number of rotatable bonds is 1. The molecular formula is C9H10N4O. The first-order valence-corrected chi connectivity index (χ1v) is 4.20. The third-order valence-electron chi connectivity index (χ3n) is 1.97. The van der Waals surface area contributed by atoms with E-state index in [1.807, 2.05) is 0 Å². The Kier molecular flexibility index (Phi) is 1.92. The highest BCUT2D eigenvalue weighted by atomic mass is 16.2. The van der Waals surface area contributed by atoms with Crippen LogP contribution in [0.2, 0.25) is 0 Å². The number of aromatic amines is 1. The van der Waals surface area contributed by atoms with Crippen molar-refractivity contribution < 1.29 is 4.79 Å². The van der Waals surface area contributed by atoms with Crippen LogP contribution in [0, 0.1) is 0 Å². The molecule has 0 aliphatic rings. The van der Waals surface area contributed by atoms with Gasteiger partial charge in [0.2, 0.25) is 0 Å². The Balaban J connectivity index is 2.48. The highest BCUT2D eigenvalue weighted by Crippen LogP contribution is 2.11. The lowest BCUT2D eigenvalue weighted by Gasteiger charge is -2.09. The minimum absolute atomic E-state index is 0.0325. The molecule has 0 bridgehead atoms. The fraction of sp³-hybridized carbons (Fsp3) is 0.222. The largest absolute Gasteiger partial charge is 0.345 e. The molecule has 5 heteroatoms. The van der Waals surface area contributed by atoms with Crippen LogP contribution in [-0.2, 0) is 0 Å². The molecule has 14 heavy (non-hydrogen) atoms. The Morgan fingerprint density at radius 2 is 2.00 bits per heavy atom. The van der Waals surface area contributed by atoms with Crippen molar-refractivity contribution in [2.24, 2.45) is 0 Å². The van der Waals surface area contributed by atoms with E-state index in [2.05, 4.69) is 15.4 Å². The number of hydrogen-bond donors (Lipinski definition) is 1. The molecule has 2 aromatic rings. The van der Waals surface area contributed by atoms with E-state index in [0.29, 0.717) is 11.1 Å². The maximum Gasteiger partial charge on any atom is 0.253 e. The molecule has 1 N–H and O–H groups in total. The first-order valence-electron chi connectivity index (χ1n) is 4.20. The number of aromatic nitrogens is 3. The van der Waals surface area contributed by atoms with E-state index in [1.165, 1.54) is 4.90 Å². The minimum Gasteiger partial charge on any atom is -0.345 e. The van der Waals surface area contributed by atoms with E-state index in [-0.39, 0.29) is 5.91 Å². The van der Waals surface area contributed by atoms with Gasteiger partial charge in [0.1, 0.15) is 11.0 Å². The number of fused-ring (bicyclic) bond motifs is 1. The van der Waals surface area contributed by atoms with Gasteiger partial charge >= 0.3 is 0 Å². The number of carbonyl (C=O) groups is 1. The van der Waals surface area contributed by atoms with Crippen molar-refractivity contribution in [2.45, 2.75) is 0 Å². The van der Waals surface area contributed by atoms with E-state index in [1.54, 1.807) is 32.3 Å². The summed E-state index contributed by atoms with van der Waals surface area (Å²) in [5.41, 5.74) is 2.09. The Bertz CT molecular complexity index is 474. The second-order valence-corrected chi connectivity index (χ2v) is 3.23. The smallest absolute Gasteiger partial charge is 0.253 e. The summed E-state index contributed by atoms with van der Waals surface area (Å²) in [7, 11) is 3.44. The lowest BCUT2D eigenvalue weighted by atomic mass is 10.2. The molecule has 0 saturated carbocycles. The van der Waals surface area contributed by atoms with Crippen LogP contribution in [-0.4, -0.2) is 40.3 Å². The summed E-state index contributed by atoms with van der Waals surface area (Å²) in [5, 5.41) is 10.3. The molecule has 0 fully saturated rings. The van der Waals surface area contributed by atoms with Crippen molar-refractivity contribution in [2.75, 3.05) is 14.1 Å². The molecule has 0 aliphatic carbocycles. The number of nitrogens with one attached hydrogen (secondary N) is 1. The molecule has 0 atom stereocenters. The molecule has 1 heterocycles. The van der Waals surface area contributed by atoms with Gasteiger partial charge in [0.05, 0.1) is 0 Å². The van der Waals surface area contributed by atoms with Crippen LogP contribution in [0.3, 0.4) is 0 Å². The Morgan fingerprint density at radius 3 is 2.71 bits per heavy atom. The summed E-state index contributed by atoms with van der Waals surface area (Å²) in [5.74, 6) is -0.0325. The molecule has 1 amide bonds. The van der Waals surface area contributed by atoms with Gasteiger partial charge in [0.25, 0.3) is 5.91 Å². The SMILES string of the molecule is CN(C)C(=O)c1ccc2n[nH]nc2c1. The Labute approximate surface area is 80.7 Å². The van der Waals surface area contributed by atoms with Gasteiger partial charge in [-0.15, -0.1) is 0 Å². The van der Waals surface area contributed by atoms with E-state index < -0.39 is 0 Å². The zero-order valence-corrected chi connectivity index (χ0v) is 7.98. The molecule has 1 aromatic carbocycles.